The molecule has 0 aliphatic heterocycles. The van der Waals surface area contributed by atoms with Crippen LogP contribution in [0.15, 0.2) is 29.1 Å². The summed E-state index contributed by atoms with van der Waals surface area (Å²) >= 11 is 0. The van der Waals surface area contributed by atoms with E-state index in [9.17, 15) is 25.2 Å². The maximum atomic E-state index is 12.2. The predicted octanol–water partition coefficient (Wildman–Crippen LogP) is 1.50. The number of rotatable bonds is 0. The third kappa shape index (κ3) is 1.40. The van der Waals surface area contributed by atoms with Crippen LogP contribution in [0.3, 0.4) is 0 Å². The van der Waals surface area contributed by atoms with Crippen molar-refractivity contribution in [2.45, 2.75) is 0 Å². The van der Waals surface area contributed by atoms with Crippen LogP contribution in [0.5, 0.6) is 23.0 Å². The third-order valence-electron chi connectivity index (χ3n) is 3.03. The summed E-state index contributed by atoms with van der Waals surface area (Å²) in [6.45, 7) is 0. The Morgan fingerprint density at radius 2 is 1.68 bits per heavy atom. The lowest BCUT2D eigenvalue weighted by atomic mass is 10.1. The largest absolute Gasteiger partial charge is 0.506 e. The van der Waals surface area contributed by atoms with Gasteiger partial charge in [0.05, 0.1) is 21.8 Å². The molecule has 0 unspecified atom stereocenters. The Bertz CT molecular complexity index is 882. The Labute approximate surface area is 105 Å². The molecule has 1 heterocycles. The van der Waals surface area contributed by atoms with Crippen molar-refractivity contribution in [3.63, 3.8) is 0 Å². The summed E-state index contributed by atoms with van der Waals surface area (Å²) in [5.74, 6) is -2.13. The molecule has 0 amide bonds. The van der Waals surface area contributed by atoms with Crippen molar-refractivity contribution in [1.29, 1.82) is 0 Å². The number of fused-ring (bicyclic) bond motifs is 2. The first kappa shape index (κ1) is 11.2. The third-order valence-corrected chi connectivity index (χ3v) is 3.03. The van der Waals surface area contributed by atoms with Gasteiger partial charge in [0.1, 0.15) is 5.75 Å². The van der Waals surface area contributed by atoms with Crippen molar-refractivity contribution in [2.24, 2.45) is 0 Å². The first-order chi connectivity index (χ1) is 9.00. The fourth-order valence-electron chi connectivity index (χ4n) is 2.10. The zero-order chi connectivity index (χ0) is 13.7. The number of aromatic amines is 1. The molecule has 0 saturated heterocycles. The van der Waals surface area contributed by atoms with E-state index in [4.69, 9.17) is 0 Å². The van der Waals surface area contributed by atoms with Crippen LogP contribution < -0.4 is 5.43 Å². The highest BCUT2D eigenvalue weighted by molar-refractivity contribution is 5.99. The maximum absolute atomic E-state index is 12.2. The van der Waals surface area contributed by atoms with Gasteiger partial charge in [-0.1, -0.05) is 6.07 Å². The standard InChI is InChI=1S/C13H9NO5/c15-7-3-1-2-5-10(7)14-6-4-8(16)12(18)13(19)9(6)11(5)17/h1-4,15-16,18-19H,(H,14,17). The maximum Gasteiger partial charge on any atom is 0.201 e. The number of hydrogen-bond acceptors (Lipinski definition) is 5. The second kappa shape index (κ2) is 3.55. The van der Waals surface area contributed by atoms with Gasteiger partial charge in [0, 0.05) is 6.07 Å². The summed E-state index contributed by atoms with van der Waals surface area (Å²) in [6, 6.07) is 5.49. The molecule has 0 spiro atoms. The highest BCUT2D eigenvalue weighted by Gasteiger charge is 2.17. The van der Waals surface area contributed by atoms with Crippen LogP contribution in [0, 0.1) is 0 Å². The molecule has 6 heteroatoms. The lowest BCUT2D eigenvalue weighted by Crippen LogP contribution is -2.04. The van der Waals surface area contributed by atoms with Crippen LogP contribution in [0.2, 0.25) is 0 Å². The number of para-hydroxylation sites is 1. The van der Waals surface area contributed by atoms with E-state index in [1.807, 2.05) is 0 Å². The fourth-order valence-corrected chi connectivity index (χ4v) is 2.10. The minimum Gasteiger partial charge on any atom is -0.506 e. The molecule has 2 aromatic carbocycles. The van der Waals surface area contributed by atoms with Gasteiger partial charge in [0.2, 0.25) is 11.2 Å². The summed E-state index contributed by atoms with van der Waals surface area (Å²) in [6.07, 6.45) is 0. The van der Waals surface area contributed by atoms with Crippen LogP contribution >= 0.6 is 0 Å². The molecule has 3 rings (SSSR count). The Kier molecular flexibility index (Phi) is 2.10. The molecule has 19 heavy (non-hydrogen) atoms. The summed E-state index contributed by atoms with van der Waals surface area (Å²) in [5.41, 5.74) is -0.233. The van der Waals surface area contributed by atoms with Gasteiger partial charge in [-0.15, -0.1) is 0 Å². The van der Waals surface area contributed by atoms with Crippen molar-refractivity contribution in [3.8, 4) is 23.0 Å². The molecule has 0 aliphatic rings. The number of nitrogens with one attached hydrogen (secondary N) is 1. The highest BCUT2D eigenvalue weighted by Crippen LogP contribution is 2.39. The van der Waals surface area contributed by atoms with Crippen LogP contribution in [-0.4, -0.2) is 25.4 Å². The number of H-pyrrole nitrogens is 1. The Morgan fingerprint density at radius 3 is 2.42 bits per heavy atom. The summed E-state index contributed by atoms with van der Waals surface area (Å²) in [7, 11) is 0. The number of pyridine rings is 1. The Balaban J connectivity index is 2.66. The molecule has 0 fully saturated rings. The number of benzene rings is 2. The average molecular weight is 259 g/mol. The molecule has 0 radical (unpaired) electrons. The van der Waals surface area contributed by atoms with Gasteiger partial charge in [-0.25, -0.2) is 0 Å². The molecular weight excluding hydrogens is 250 g/mol. The molecule has 6 nitrogen and oxygen atoms in total. The fraction of sp³-hybridized carbons (Fsp3) is 0. The Hall–Kier alpha value is -2.89. The number of phenolic OH excluding ortho intramolecular Hbond substituents is 4. The van der Waals surface area contributed by atoms with E-state index in [0.717, 1.165) is 6.07 Å². The minimum absolute atomic E-state index is 0.117. The van der Waals surface area contributed by atoms with E-state index in [1.165, 1.54) is 18.2 Å². The number of aromatic nitrogens is 1. The first-order valence-corrected chi connectivity index (χ1v) is 5.42. The second-order valence-electron chi connectivity index (χ2n) is 4.17. The SMILES string of the molecule is O=c1c2cccc(O)c2[nH]c2cc(O)c(O)c(O)c12. The lowest BCUT2D eigenvalue weighted by Gasteiger charge is -2.08. The van der Waals surface area contributed by atoms with Crippen LogP contribution in [-0.2, 0) is 0 Å². The zero-order valence-corrected chi connectivity index (χ0v) is 9.51. The molecular formula is C13H9NO5. The van der Waals surface area contributed by atoms with Gasteiger partial charge in [0.25, 0.3) is 0 Å². The molecule has 1 aromatic heterocycles. The van der Waals surface area contributed by atoms with Crippen molar-refractivity contribution >= 4 is 21.8 Å². The normalized spacial score (nSPS) is 11.2. The first-order valence-electron chi connectivity index (χ1n) is 5.42. The predicted molar refractivity (Wildman–Crippen MR) is 68.7 cm³/mol. The highest BCUT2D eigenvalue weighted by atomic mass is 16.3. The number of phenols is 4. The van der Waals surface area contributed by atoms with Crippen molar-refractivity contribution in [1.82, 2.24) is 4.98 Å². The number of hydrogen-bond donors (Lipinski definition) is 5. The molecule has 0 bridgehead atoms. The van der Waals surface area contributed by atoms with E-state index in [2.05, 4.69) is 4.98 Å². The summed E-state index contributed by atoms with van der Waals surface area (Å²) in [4.78, 5) is 15.0. The molecule has 5 N–H and O–H groups in total. The molecule has 0 saturated carbocycles. The van der Waals surface area contributed by atoms with Gasteiger partial charge in [-0.3, -0.25) is 4.79 Å². The van der Waals surface area contributed by atoms with Crippen LogP contribution in [0.1, 0.15) is 0 Å². The smallest absolute Gasteiger partial charge is 0.201 e. The lowest BCUT2D eigenvalue weighted by molar-refractivity contribution is 0.371. The zero-order valence-electron chi connectivity index (χ0n) is 9.51. The summed E-state index contributed by atoms with van der Waals surface area (Å²) in [5, 5.41) is 38.4. The van der Waals surface area contributed by atoms with Gasteiger partial charge >= 0.3 is 0 Å². The van der Waals surface area contributed by atoms with Gasteiger partial charge in [0.15, 0.2) is 11.5 Å². The number of aromatic hydroxyl groups is 4. The van der Waals surface area contributed by atoms with E-state index in [0.29, 0.717) is 0 Å². The van der Waals surface area contributed by atoms with Crippen molar-refractivity contribution in [2.75, 3.05) is 0 Å². The van der Waals surface area contributed by atoms with Crippen LogP contribution in [0.25, 0.3) is 21.8 Å². The second-order valence-corrected chi connectivity index (χ2v) is 4.17. The molecule has 96 valence electrons. The quantitative estimate of drug-likeness (QED) is 0.310. The molecule has 0 aliphatic carbocycles. The Morgan fingerprint density at radius 1 is 0.947 bits per heavy atom. The van der Waals surface area contributed by atoms with E-state index in [-0.39, 0.29) is 27.6 Å². The van der Waals surface area contributed by atoms with E-state index < -0.39 is 22.7 Å². The molecule has 3 aromatic rings. The topological polar surface area (TPSA) is 114 Å². The average Bonchev–Trinajstić information content (AvgIpc) is 2.37. The van der Waals surface area contributed by atoms with E-state index in [1.54, 1.807) is 0 Å². The van der Waals surface area contributed by atoms with Crippen molar-refractivity contribution in [3.05, 3.63) is 34.5 Å². The minimum atomic E-state index is -0.752. The monoisotopic (exact) mass is 259 g/mol. The van der Waals surface area contributed by atoms with E-state index >= 15 is 0 Å². The van der Waals surface area contributed by atoms with Crippen molar-refractivity contribution < 1.29 is 20.4 Å². The van der Waals surface area contributed by atoms with Crippen LogP contribution in [0.4, 0.5) is 0 Å². The van der Waals surface area contributed by atoms with Gasteiger partial charge in [-0.05, 0) is 12.1 Å². The van der Waals surface area contributed by atoms with Gasteiger partial charge in [-0.2, -0.15) is 0 Å². The summed E-state index contributed by atoms with van der Waals surface area (Å²) < 4.78 is 0. The van der Waals surface area contributed by atoms with Gasteiger partial charge < -0.3 is 25.4 Å². The molecule has 0 atom stereocenters.